The van der Waals surface area contributed by atoms with Crippen molar-refractivity contribution in [3.05, 3.63) is 29.3 Å². The maximum atomic E-state index is 8.97. The van der Waals surface area contributed by atoms with Gasteiger partial charge in [0.25, 0.3) is 0 Å². The molecule has 1 heterocycles. The van der Waals surface area contributed by atoms with Crippen molar-refractivity contribution >= 4 is 5.69 Å². The molecule has 1 saturated heterocycles. The number of nitrogens with one attached hydrogen (secondary N) is 1. The van der Waals surface area contributed by atoms with Gasteiger partial charge in [0, 0.05) is 18.3 Å². The average molecular weight is 258 g/mol. The number of rotatable bonds is 4. The topological polar surface area (TPSA) is 45.0 Å². The molecule has 2 unspecified atom stereocenters. The van der Waals surface area contributed by atoms with E-state index in [-0.39, 0.29) is 0 Å². The molecule has 1 fully saturated rings. The fourth-order valence-electron chi connectivity index (χ4n) is 2.60. The highest BCUT2D eigenvalue weighted by Crippen LogP contribution is 2.24. The molecule has 1 aromatic carbocycles. The van der Waals surface area contributed by atoms with Crippen LogP contribution in [-0.4, -0.2) is 18.8 Å². The minimum absolute atomic E-state index is 0.385. The van der Waals surface area contributed by atoms with E-state index in [0.29, 0.717) is 17.7 Å². The van der Waals surface area contributed by atoms with Gasteiger partial charge in [-0.05, 0) is 43.9 Å². The van der Waals surface area contributed by atoms with Gasteiger partial charge in [0.1, 0.15) is 0 Å². The third kappa shape index (κ3) is 3.71. The predicted octanol–water partition coefficient (Wildman–Crippen LogP) is 3.63. The lowest BCUT2D eigenvalue weighted by atomic mass is 9.99. The van der Waals surface area contributed by atoms with Gasteiger partial charge in [0.05, 0.1) is 17.7 Å². The van der Waals surface area contributed by atoms with Crippen LogP contribution >= 0.6 is 0 Å². The zero-order valence-electron chi connectivity index (χ0n) is 11.8. The second kappa shape index (κ2) is 6.58. The summed E-state index contributed by atoms with van der Waals surface area (Å²) >= 11 is 0. The van der Waals surface area contributed by atoms with Crippen LogP contribution in [0.1, 0.15) is 43.7 Å². The molecule has 0 bridgehead atoms. The second-order valence-electron chi connectivity index (χ2n) is 5.29. The van der Waals surface area contributed by atoms with Gasteiger partial charge in [-0.2, -0.15) is 5.26 Å². The SMILES string of the molecule is CCCC1CC(Nc2cc(C#N)ccc2C)CCO1. The first-order valence-corrected chi connectivity index (χ1v) is 7.11. The summed E-state index contributed by atoms with van der Waals surface area (Å²) in [5, 5.41) is 12.6. The van der Waals surface area contributed by atoms with Crippen molar-refractivity contribution in [2.75, 3.05) is 11.9 Å². The van der Waals surface area contributed by atoms with Crippen molar-refractivity contribution in [1.82, 2.24) is 0 Å². The first-order valence-electron chi connectivity index (χ1n) is 7.11. The number of nitriles is 1. The summed E-state index contributed by atoms with van der Waals surface area (Å²) in [5.41, 5.74) is 2.99. The van der Waals surface area contributed by atoms with Crippen LogP contribution in [0, 0.1) is 18.3 Å². The Balaban J connectivity index is 2.02. The predicted molar refractivity (Wildman–Crippen MR) is 77.2 cm³/mol. The number of anilines is 1. The van der Waals surface area contributed by atoms with Crippen molar-refractivity contribution in [1.29, 1.82) is 5.26 Å². The smallest absolute Gasteiger partial charge is 0.0992 e. The Morgan fingerprint density at radius 1 is 1.47 bits per heavy atom. The molecule has 3 nitrogen and oxygen atoms in total. The Hall–Kier alpha value is -1.53. The van der Waals surface area contributed by atoms with E-state index in [9.17, 15) is 0 Å². The van der Waals surface area contributed by atoms with Crippen molar-refractivity contribution < 1.29 is 4.74 Å². The summed E-state index contributed by atoms with van der Waals surface area (Å²) < 4.78 is 5.77. The molecule has 0 radical (unpaired) electrons. The van der Waals surface area contributed by atoms with Gasteiger partial charge in [-0.15, -0.1) is 0 Å². The van der Waals surface area contributed by atoms with Crippen molar-refractivity contribution in [2.24, 2.45) is 0 Å². The summed E-state index contributed by atoms with van der Waals surface area (Å²) in [6, 6.07) is 8.47. The highest BCUT2D eigenvalue weighted by Gasteiger charge is 2.22. The molecule has 0 aliphatic carbocycles. The fourth-order valence-corrected chi connectivity index (χ4v) is 2.60. The standard InChI is InChI=1S/C16H22N2O/c1-3-4-15-10-14(7-8-19-15)18-16-9-13(11-17)6-5-12(16)2/h5-6,9,14-15,18H,3-4,7-8,10H2,1-2H3. The minimum atomic E-state index is 0.385. The summed E-state index contributed by atoms with van der Waals surface area (Å²) in [6.07, 6.45) is 4.78. The highest BCUT2D eigenvalue weighted by molar-refractivity contribution is 5.55. The Bertz CT molecular complexity index is 462. The molecular formula is C16H22N2O. The summed E-state index contributed by atoms with van der Waals surface area (Å²) in [4.78, 5) is 0. The Labute approximate surface area is 115 Å². The molecule has 2 rings (SSSR count). The number of aryl methyl sites for hydroxylation is 1. The fraction of sp³-hybridized carbons (Fsp3) is 0.562. The molecule has 0 saturated carbocycles. The van der Waals surface area contributed by atoms with Crippen LogP contribution in [0.4, 0.5) is 5.69 Å². The number of hydrogen-bond donors (Lipinski definition) is 1. The zero-order valence-corrected chi connectivity index (χ0v) is 11.8. The van der Waals surface area contributed by atoms with Crippen LogP contribution in [0.15, 0.2) is 18.2 Å². The normalized spacial score (nSPS) is 22.8. The molecule has 3 heteroatoms. The summed E-state index contributed by atoms with van der Waals surface area (Å²) in [7, 11) is 0. The van der Waals surface area contributed by atoms with E-state index in [2.05, 4.69) is 25.2 Å². The zero-order chi connectivity index (χ0) is 13.7. The molecule has 19 heavy (non-hydrogen) atoms. The lowest BCUT2D eigenvalue weighted by Gasteiger charge is -2.31. The lowest BCUT2D eigenvalue weighted by molar-refractivity contribution is 0.00597. The maximum absolute atomic E-state index is 8.97. The van der Waals surface area contributed by atoms with Crippen LogP contribution in [0.5, 0.6) is 0 Å². The lowest BCUT2D eigenvalue weighted by Crippen LogP contribution is -2.34. The summed E-state index contributed by atoms with van der Waals surface area (Å²) in [6.45, 7) is 5.10. The Kier molecular flexibility index (Phi) is 4.81. The number of hydrogen-bond acceptors (Lipinski definition) is 3. The first-order chi connectivity index (χ1) is 9.22. The molecule has 1 aliphatic rings. The van der Waals surface area contributed by atoms with E-state index in [1.54, 1.807) is 0 Å². The third-order valence-electron chi connectivity index (χ3n) is 3.70. The van der Waals surface area contributed by atoms with Crippen molar-refractivity contribution in [3.8, 4) is 6.07 Å². The Morgan fingerprint density at radius 2 is 2.32 bits per heavy atom. The largest absolute Gasteiger partial charge is 0.382 e. The second-order valence-corrected chi connectivity index (χ2v) is 5.29. The van der Waals surface area contributed by atoms with Crippen LogP contribution in [0.2, 0.25) is 0 Å². The molecule has 0 amide bonds. The van der Waals surface area contributed by atoms with Gasteiger partial charge in [-0.1, -0.05) is 19.4 Å². The van der Waals surface area contributed by atoms with Gasteiger partial charge in [0.2, 0.25) is 0 Å². The van der Waals surface area contributed by atoms with Gasteiger partial charge >= 0.3 is 0 Å². The van der Waals surface area contributed by atoms with Crippen LogP contribution in [0.3, 0.4) is 0 Å². The van der Waals surface area contributed by atoms with Gasteiger partial charge < -0.3 is 10.1 Å². The maximum Gasteiger partial charge on any atom is 0.0992 e. The van der Waals surface area contributed by atoms with E-state index in [1.807, 2.05) is 18.2 Å². The van der Waals surface area contributed by atoms with Gasteiger partial charge in [0.15, 0.2) is 0 Å². The molecule has 0 spiro atoms. The van der Waals surface area contributed by atoms with Gasteiger partial charge in [-0.3, -0.25) is 0 Å². The number of nitrogens with zero attached hydrogens (tertiary/aromatic N) is 1. The average Bonchev–Trinajstić information content (AvgIpc) is 2.42. The van der Waals surface area contributed by atoms with Crippen LogP contribution in [0.25, 0.3) is 0 Å². The number of ether oxygens (including phenoxy) is 1. The quantitative estimate of drug-likeness (QED) is 0.897. The molecule has 1 aliphatic heterocycles. The molecule has 1 N–H and O–H groups in total. The first kappa shape index (κ1) is 13.9. The molecule has 2 atom stereocenters. The van der Waals surface area contributed by atoms with E-state index < -0.39 is 0 Å². The van der Waals surface area contributed by atoms with Crippen LogP contribution < -0.4 is 5.32 Å². The van der Waals surface area contributed by atoms with Crippen molar-refractivity contribution in [3.63, 3.8) is 0 Å². The van der Waals surface area contributed by atoms with E-state index in [4.69, 9.17) is 10.00 Å². The minimum Gasteiger partial charge on any atom is -0.382 e. The van der Waals surface area contributed by atoms with E-state index >= 15 is 0 Å². The van der Waals surface area contributed by atoms with Crippen LogP contribution in [-0.2, 0) is 4.74 Å². The monoisotopic (exact) mass is 258 g/mol. The molecule has 1 aromatic rings. The highest BCUT2D eigenvalue weighted by atomic mass is 16.5. The molecule has 102 valence electrons. The molecular weight excluding hydrogens is 236 g/mol. The number of benzene rings is 1. The van der Waals surface area contributed by atoms with E-state index in [0.717, 1.165) is 31.6 Å². The third-order valence-corrected chi connectivity index (χ3v) is 3.70. The van der Waals surface area contributed by atoms with Gasteiger partial charge in [-0.25, -0.2) is 0 Å². The Morgan fingerprint density at radius 3 is 3.05 bits per heavy atom. The van der Waals surface area contributed by atoms with E-state index in [1.165, 1.54) is 12.0 Å². The molecule has 0 aromatic heterocycles. The van der Waals surface area contributed by atoms with Crippen molar-refractivity contribution in [2.45, 2.75) is 51.7 Å². The summed E-state index contributed by atoms with van der Waals surface area (Å²) in [5.74, 6) is 0.